The maximum atomic E-state index is 14.6. The van der Waals surface area contributed by atoms with Crippen LogP contribution in [0.1, 0.15) is 145 Å². The molecule has 0 radical (unpaired) electrons. The molecule has 2 aliphatic carbocycles. The summed E-state index contributed by atoms with van der Waals surface area (Å²) in [6.07, 6.45) is 4.64. The summed E-state index contributed by atoms with van der Waals surface area (Å²) in [5.41, 5.74) is 2.59. The Kier molecular flexibility index (Phi) is 26.6. The first-order valence-corrected chi connectivity index (χ1v) is 41.3. The number of aliphatic hydroxyl groups excluding tert-OH is 1. The molecule has 3 heterocycles. The Bertz CT molecular complexity index is 4300. The van der Waals surface area contributed by atoms with Gasteiger partial charge in [-0.05, 0) is 165 Å². The van der Waals surface area contributed by atoms with Gasteiger partial charge in [0.05, 0.1) is 50.8 Å². The number of hydrogen-bond donors (Lipinski definition) is 5. The Morgan fingerprint density at radius 1 is 0.771 bits per heavy atom. The standard InChI is InChI=1S/C78H97ClF3N9O10S4/c1-51(53-18-20-55(21-19-53)72-52(2)83-50-103-72)84-75(97)66-45-61(92)44-65(66)71(95)73(76(3,4)5)86-69(93)16-12-9-13-17-70(94)91-42-36-88(37-43-91)35-33-59(49-102-62-14-10-8-11-15-62)85-67-31-30-63(46-68(67)104(98,99)78(80,81)82)105(100,101)87-74(96)56-24-28-60(29-25-56)90-40-38-89(39-41-90)48-57-47-77(6,7)34-32-64(57)54-22-26-58(79)27-23-54/h8,10-11,14-15,18-31,46,50-51,59,61,65-66,73,85,92H,9,12-13,16-17,32-45,47-49H2,1-7H3,(H,84,97)(H,86,93)(H,87,96)/t51-,59+,61-,65?,66+,73+/m0/s1. The van der Waals surface area contributed by atoms with Crippen molar-refractivity contribution < 1.29 is 59.1 Å². The molecule has 6 atom stereocenters. The number of anilines is 2. The van der Waals surface area contributed by atoms with E-state index < -0.39 is 82.2 Å². The number of aromatic nitrogens is 1. The van der Waals surface area contributed by atoms with E-state index in [4.69, 9.17) is 11.6 Å². The third-order valence-electron chi connectivity index (χ3n) is 20.6. The number of rotatable bonds is 29. The third kappa shape index (κ3) is 21.2. The molecule has 1 aromatic heterocycles. The molecule has 5 N–H and O–H groups in total. The molecule has 27 heteroatoms. The van der Waals surface area contributed by atoms with Crippen LogP contribution < -0.4 is 25.6 Å². The van der Waals surface area contributed by atoms with Crippen molar-refractivity contribution >= 4 is 101 Å². The van der Waals surface area contributed by atoms with Gasteiger partial charge in [-0.1, -0.05) is 113 Å². The normalized spacial score (nSPS) is 19.4. The zero-order chi connectivity index (χ0) is 75.6. The lowest BCUT2D eigenvalue weighted by atomic mass is 9.73. The van der Waals surface area contributed by atoms with Crippen LogP contribution in [0.3, 0.4) is 0 Å². The molecule has 1 unspecified atom stereocenters. The summed E-state index contributed by atoms with van der Waals surface area (Å²) in [6, 6.07) is 31.9. The number of carbonyl (C=O) groups is 5. The van der Waals surface area contributed by atoms with Crippen molar-refractivity contribution in [3.05, 3.63) is 160 Å². The molecule has 0 spiro atoms. The van der Waals surface area contributed by atoms with Gasteiger partial charge in [0.1, 0.15) is 4.90 Å². The molecule has 2 saturated heterocycles. The van der Waals surface area contributed by atoms with Crippen LogP contribution in [0, 0.1) is 29.6 Å². The number of unbranched alkanes of at least 4 members (excludes halogenated alkanes) is 2. The summed E-state index contributed by atoms with van der Waals surface area (Å²) in [7, 11) is -11.1. The lowest BCUT2D eigenvalue weighted by Gasteiger charge is -2.39. The number of Topliss-reactive ketones (excluding diaryl/α,β-unsaturated/α-hetero) is 1. The number of aliphatic hydroxyl groups is 1. The van der Waals surface area contributed by atoms with Crippen LogP contribution >= 0.6 is 34.7 Å². The smallest absolute Gasteiger partial charge is 0.393 e. The number of carbonyl (C=O) groups excluding carboxylic acids is 5. The number of hydrogen-bond acceptors (Lipinski definition) is 17. The van der Waals surface area contributed by atoms with Gasteiger partial charge in [0.15, 0.2) is 5.78 Å². The lowest BCUT2D eigenvalue weighted by molar-refractivity contribution is -0.137. The number of sulfone groups is 1. The summed E-state index contributed by atoms with van der Waals surface area (Å²) in [5.74, 6) is -3.42. The lowest BCUT2D eigenvalue weighted by Crippen LogP contribution is -2.52. The van der Waals surface area contributed by atoms with Crippen molar-refractivity contribution in [2.75, 3.05) is 81.4 Å². The molecule has 566 valence electrons. The van der Waals surface area contributed by atoms with Gasteiger partial charge in [-0.15, -0.1) is 23.1 Å². The Balaban J connectivity index is 0.690. The highest BCUT2D eigenvalue weighted by Crippen LogP contribution is 2.44. The minimum absolute atomic E-state index is 0.0412. The second-order valence-electron chi connectivity index (χ2n) is 30.0. The van der Waals surface area contributed by atoms with Gasteiger partial charge in [0.2, 0.25) is 17.7 Å². The monoisotopic (exact) mass is 1540 g/mol. The molecular weight excluding hydrogens is 1440 g/mol. The zero-order valence-corrected chi connectivity index (χ0v) is 64.7. The van der Waals surface area contributed by atoms with E-state index in [1.807, 2.05) is 106 Å². The van der Waals surface area contributed by atoms with Gasteiger partial charge in [0.25, 0.3) is 25.8 Å². The van der Waals surface area contributed by atoms with E-state index in [1.165, 1.54) is 40.6 Å². The molecule has 10 rings (SSSR count). The number of halogens is 4. The second kappa shape index (κ2) is 34.8. The quantitative estimate of drug-likeness (QED) is 0.0216. The summed E-state index contributed by atoms with van der Waals surface area (Å²) >= 11 is 9.17. The summed E-state index contributed by atoms with van der Waals surface area (Å²) in [5, 5.41) is 20.5. The van der Waals surface area contributed by atoms with Gasteiger partial charge in [-0.3, -0.25) is 33.8 Å². The third-order valence-corrected chi connectivity index (χ3v) is 25.8. The minimum Gasteiger partial charge on any atom is -0.393 e. The first kappa shape index (κ1) is 80.4. The number of benzene rings is 5. The van der Waals surface area contributed by atoms with E-state index in [2.05, 4.69) is 61.6 Å². The highest BCUT2D eigenvalue weighted by atomic mass is 35.5. The van der Waals surface area contributed by atoms with Crippen LogP contribution in [0.15, 0.2) is 147 Å². The first-order chi connectivity index (χ1) is 49.7. The minimum atomic E-state index is -6.18. The van der Waals surface area contributed by atoms with Crippen molar-refractivity contribution in [2.45, 2.75) is 164 Å². The molecule has 105 heavy (non-hydrogen) atoms. The predicted molar refractivity (Wildman–Crippen MR) is 408 cm³/mol. The molecule has 19 nitrogen and oxygen atoms in total. The molecule has 1 saturated carbocycles. The van der Waals surface area contributed by atoms with E-state index in [9.17, 15) is 59.1 Å². The van der Waals surface area contributed by atoms with Crippen LogP contribution in [0.5, 0.6) is 0 Å². The fourth-order valence-electron chi connectivity index (χ4n) is 14.5. The second-order valence-corrected chi connectivity index (χ2v) is 36.0. The van der Waals surface area contributed by atoms with Crippen molar-refractivity contribution in [1.82, 2.24) is 35.0 Å². The Morgan fingerprint density at radius 2 is 1.42 bits per heavy atom. The number of sulfonamides is 1. The first-order valence-electron chi connectivity index (χ1n) is 36.0. The number of nitrogens with one attached hydrogen (secondary N) is 4. The number of nitrogens with zero attached hydrogens (tertiary/aromatic N) is 5. The predicted octanol–water partition coefficient (Wildman–Crippen LogP) is 13.4. The van der Waals surface area contributed by atoms with E-state index in [-0.39, 0.29) is 72.0 Å². The molecule has 0 bridgehead atoms. The number of alkyl halides is 3. The van der Waals surface area contributed by atoms with Crippen LogP contribution in [-0.4, -0.2) is 166 Å². The number of thiazole rings is 1. The van der Waals surface area contributed by atoms with E-state index >= 15 is 0 Å². The van der Waals surface area contributed by atoms with Crippen molar-refractivity contribution in [3.8, 4) is 10.4 Å². The Labute approximate surface area is 628 Å². The van der Waals surface area contributed by atoms with Gasteiger partial charge in [-0.2, -0.15) is 13.2 Å². The fraction of sp³-hybridized carbons (Fsp3) is 0.487. The largest absolute Gasteiger partial charge is 0.501 e. The van der Waals surface area contributed by atoms with Crippen molar-refractivity contribution in [1.29, 1.82) is 0 Å². The number of aryl methyl sites for hydroxylation is 1. The molecule has 6 aromatic rings. The summed E-state index contributed by atoms with van der Waals surface area (Å²) in [4.78, 5) is 81.4. The van der Waals surface area contributed by atoms with Crippen LogP contribution in [0.25, 0.3) is 16.0 Å². The topological polar surface area (TPSA) is 248 Å². The number of thioether (sulfide) groups is 1. The summed E-state index contributed by atoms with van der Waals surface area (Å²) < 4.78 is 100. The number of amides is 4. The zero-order valence-electron chi connectivity index (χ0n) is 60.6. The highest BCUT2D eigenvalue weighted by Gasteiger charge is 2.50. The van der Waals surface area contributed by atoms with Gasteiger partial charge >= 0.3 is 5.51 Å². The molecule has 3 fully saturated rings. The van der Waals surface area contributed by atoms with Crippen LogP contribution in [0.2, 0.25) is 5.02 Å². The SMILES string of the molecule is Cc1ncsc1-c1ccc([C@H](C)NC(=O)[C@@H]2C[C@@H](O)CC2C(=O)[C@@H](NC(=O)CCCCCC(=O)N2CCN(CC[C@H](CSc3ccccc3)Nc3ccc(S(=O)(=O)NC(=O)c4ccc(N5CCN(CC6=C(c7ccc(Cl)cc7)CCC(C)(C)C6)CC5)cc4)cc3S(=O)(=O)C(F)(F)F)CC2)C(C)(C)C)cc1. The average Bonchev–Trinajstić information content (AvgIpc) is 0.849. The Morgan fingerprint density at radius 3 is 2.07 bits per heavy atom. The number of allylic oxidation sites excluding steroid dienone is 1. The molecule has 5 aromatic carbocycles. The number of ketones is 1. The summed E-state index contributed by atoms with van der Waals surface area (Å²) in [6.45, 7) is 20.0. The van der Waals surface area contributed by atoms with Gasteiger partial charge in [-0.25, -0.2) is 26.5 Å². The molecule has 2 aliphatic heterocycles. The van der Waals surface area contributed by atoms with Crippen LogP contribution in [0.4, 0.5) is 24.5 Å². The highest BCUT2D eigenvalue weighted by molar-refractivity contribution is 7.99. The molecular formula is C78H97ClF3N9O10S4. The maximum absolute atomic E-state index is 14.6. The van der Waals surface area contributed by atoms with E-state index in [0.717, 1.165) is 83.3 Å². The van der Waals surface area contributed by atoms with Crippen molar-refractivity contribution in [3.63, 3.8) is 0 Å². The Hall–Kier alpha value is -7.17. The molecule has 4 aliphatic rings. The van der Waals surface area contributed by atoms with Gasteiger partial charge in [0, 0.05) is 117 Å². The van der Waals surface area contributed by atoms with Crippen LogP contribution in [-0.2, 0) is 39.0 Å². The maximum Gasteiger partial charge on any atom is 0.501 e. The number of piperazine rings is 2. The van der Waals surface area contributed by atoms with E-state index in [1.54, 1.807) is 33.9 Å². The molecule has 4 amide bonds. The van der Waals surface area contributed by atoms with Gasteiger partial charge < -0.3 is 30.9 Å². The fourth-order valence-corrected chi connectivity index (χ4v) is 18.4. The average molecular weight is 1540 g/mol. The van der Waals surface area contributed by atoms with Crippen molar-refractivity contribution in [2.24, 2.45) is 22.7 Å². The van der Waals surface area contributed by atoms with E-state index in [0.29, 0.717) is 82.6 Å².